The lowest BCUT2D eigenvalue weighted by Crippen LogP contribution is -2.41. The summed E-state index contributed by atoms with van der Waals surface area (Å²) < 4.78 is 88.9. The van der Waals surface area contributed by atoms with Gasteiger partial charge in [-0.3, -0.25) is 98.2 Å². The molecule has 0 fully saturated rings. The lowest BCUT2D eigenvalue weighted by Gasteiger charge is -2.33. The molecule has 33 nitrogen and oxygen atoms in total. The third-order valence-electron chi connectivity index (χ3n) is 26.7. The zero-order valence-corrected chi connectivity index (χ0v) is 81.2. The molecule has 4 aliphatic rings. The van der Waals surface area contributed by atoms with Gasteiger partial charge in [0.2, 0.25) is 0 Å². The molecular weight excluding hydrogens is 1850 g/mol. The van der Waals surface area contributed by atoms with E-state index in [1.165, 1.54) is 98.5 Å². The van der Waals surface area contributed by atoms with Gasteiger partial charge in [0.15, 0.2) is 12.6 Å². The number of aliphatic hydroxyl groups is 3. The Bertz CT molecular complexity index is 6980. The molecule has 10 aromatic carbocycles. The largest absolute Gasteiger partial charge is 0.478 e. The van der Waals surface area contributed by atoms with Crippen LogP contribution < -0.4 is 21.3 Å². The number of aryl methyl sites for hydroxylation is 4. The van der Waals surface area contributed by atoms with Crippen molar-refractivity contribution in [1.82, 2.24) is 9.80 Å². The molecule has 0 aliphatic carbocycles. The highest BCUT2D eigenvalue weighted by atomic mass is 19.4. The predicted octanol–water partition coefficient (Wildman–Crippen LogP) is 19.4. The third kappa shape index (κ3) is 19.3. The number of hydrogen-bond acceptors (Lipinski definition) is 24. The number of aldehydes is 2. The van der Waals surface area contributed by atoms with Crippen molar-refractivity contribution < 1.29 is 119 Å². The zero-order valence-electron chi connectivity index (χ0n) is 81.2. The third-order valence-corrected chi connectivity index (χ3v) is 26.7. The minimum Gasteiger partial charge on any atom is -0.478 e. The number of rotatable bonds is 16. The first-order chi connectivity index (χ1) is 65.1. The fourth-order valence-corrected chi connectivity index (χ4v) is 18.8. The van der Waals surface area contributed by atoms with Crippen LogP contribution in [0, 0.1) is 158 Å². The van der Waals surface area contributed by atoms with Crippen molar-refractivity contribution in [2.24, 2.45) is 0 Å². The second-order valence-electron chi connectivity index (χ2n) is 35.3. The summed E-state index contributed by atoms with van der Waals surface area (Å²) in [7, 11) is 2.49. The number of carbonyl (C=O) groups excluding carboxylic acids is 10. The summed E-state index contributed by atoms with van der Waals surface area (Å²) in [5.41, 5.74) is 17.0. The van der Waals surface area contributed by atoms with Crippen LogP contribution in [0.1, 0.15) is 300 Å². The van der Waals surface area contributed by atoms with Crippen molar-refractivity contribution in [3.63, 3.8) is 0 Å². The van der Waals surface area contributed by atoms with Gasteiger partial charge in [0, 0.05) is 58.9 Å². The zero-order chi connectivity index (χ0) is 107. The monoisotopic (exact) mass is 1950 g/mol. The average molecular weight is 1950 g/mol. The van der Waals surface area contributed by atoms with Gasteiger partial charge in [-0.05, 0) is 314 Å². The van der Waals surface area contributed by atoms with E-state index in [9.17, 15) is 140 Å². The normalized spacial score (nSPS) is 14.5. The van der Waals surface area contributed by atoms with E-state index >= 15 is 0 Å². The Hall–Kier alpha value is -15.8. The van der Waals surface area contributed by atoms with Crippen LogP contribution in [-0.4, -0.2) is 142 Å². The van der Waals surface area contributed by atoms with Crippen molar-refractivity contribution >= 4 is 111 Å². The van der Waals surface area contributed by atoms with Gasteiger partial charge in [0.05, 0.1) is 99.5 Å². The van der Waals surface area contributed by atoms with Crippen LogP contribution in [-0.2, 0) is 10.8 Å². The van der Waals surface area contributed by atoms with Crippen molar-refractivity contribution in [3.05, 3.63) is 338 Å². The Balaban J connectivity index is 0.000000203. The number of amides is 8. The molecule has 5 atom stereocenters. The van der Waals surface area contributed by atoms with Crippen LogP contribution in [0.2, 0.25) is 0 Å². The number of nitrogens with two attached hydrogens (primary N) is 2. The predicted molar refractivity (Wildman–Crippen MR) is 510 cm³/mol. The number of fused-ring (bicyclic) bond motifs is 4. The number of benzene rings is 10. The van der Waals surface area contributed by atoms with E-state index in [0.717, 1.165) is 150 Å². The second-order valence-corrected chi connectivity index (χ2v) is 35.3. The minimum absolute atomic E-state index is 0.00833. The number of anilines is 4. The van der Waals surface area contributed by atoms with Gasteiger partial charge in [0.25, 0.3) is 70.0 Å². The Morgan fingerprint density at radius 1 is 0.355 bits per heavy atom. The molecule has 0 saturated carbocycles. The highest BCUT2D eigenvalue weighted by molar-refractivity contribution is 6.36. The number of carbonyl (C=O) groups is 11. The molecule has 14 rings (SSSR count). The first kappa shape index (κ1) is 109. The maximum absolute atomic E-state index is 14.9. The smallest absolute Gasteiger partial charge is 0.402 e. The highest BCUT2D eigenvalue weighted by Gasteiger charge is 2.57. The molecule has 0 spiro atoms. The molecule has 4 aliphatic heterocycles. The molecule has 141 heavy (non-hydrogen) atoms. The first-order valence-corrected chi connectivity index (χ1v) is 43.3. The molecule has 0 aromatic heterocycles. The summed E-state index contributed by atoms with van der Waals surface area (Å²) in [4.78, 5) is 181. The van der Waals surface area contributed by atoms with Crippen molar-refractivity contribution in [2.45, 2.75) is 194 Å². The first-order valence-electron chi connectivity index (χ1n) is 43.3. The quantitative estimate of drug-likeness (QED) is 0.0131. The van der Waals surface area contributed by atoms with Gasteiger partial charge in [-0.25, -0.2) is 14.6 Å². The van der Waals surface area contributed by atoms with Gasteiger partial charge in [-0.15, -0.1) is 0 Å². The van der Waals surface area contributed by atoms with Crippen molar-refractivity contribution in [2.75, 3.05) is 35.4 Å². The summed E-state index contributed by atoms with van der Waals surface area (Å²) in [6.45, 7) is 35.4. The van der Waals surface area contributed by atoms with Crippen molar-refractivity contribution in [1.29, 1.82) is 0 Å². The molecule has 39 heteroatoms. The summed E-state index contributed by atoms with van der Waals surface area (Å²) in [6.07, 6.45) is -10.9. The number of alkyl halides is 6. The standard InChI is InChI=1S/C32H29F3N2O5.C28H19F3N2O6.C11H14N2O5.C11H18N2O.C10H10N2O5.C10H12O/c1-14-15(2)25(18(5)38)17(4)26(16(14)3)37-29(41)22-11-9-20(13-24(22)30(37)42)31(6,32(33,34)35)19-8-10-21-23(12-19)28(40)36(7)27(21)39;1-13-8-14(26(38)39)10-17(9-13)33-24(36)19-7-5-16(12-21(19)25(33)37)27(2,28(29,30)31)15-4-6-18-20(11-15)23(35)32(3)22(18)34;1-5-9(8(4)14)6(2)11(13(17)18)7(3)10(5)12(15)16;1-5-9(8(4)14)6(2)11(13)7(3)10(5)12;1-5-8(4-13)6(2)10(12(16)17)7(3)9(5)11(14)15;1-7-4-8(2)10(6-11)9(3)5-7/h8-13,18,38H,1-7H3;4-12H,1-3H3,(H,38,39);8,14H,1-4H3;8,14H,12-13H2,1-4H3;4H,1-3H3;4-6H,1-3H3. The SMILES string of the molecule is Cc1c(C(C)O)c(C)c([N+](=O)[O-])c(C)c1[N+](=O)[O-].Cc1c(C)c(C(C)O)c(C)c(N2C(=O)c3ccc(C(C)(c4ccc5c(c4)C(=O)N(C)C5=O)C(F)(F)F)cc3C2=O)c1C.Cc1c(C=O)c(C)c([N+](=O)[O-])c(C)c1[N+](=O)[O-].Cc1c(N)c(C)c(C(C)O)c(C)c1N.Cc1cc(C(=O)O)cc(N2C(=O)c3ccc(C(C)(c4ccc5c(c4)C(=O)N(C)C5=O)C(F)(F)F)cc3C2=O)c1.Cc1cc(C)c(C=O)c(C)c1. The summed E-state index contributed by atoms with van der Waals surface area (Å²) in [5, 5.41) is 82.8. The second kappa shape index (κ2) is 40.3. The number of aliphatic hydroxyl groups excluding tert-OH is 3. The van der Waals surface area contributed by atoms with Crippen LogP contribution in [0.3, 0.4) is 0 Å². The molecule has 5 unspecified atom stereocenters. The van der Waals surface area contributed by atoms with Gasteiger partial charge in [0.1, 0.15) is 22.0 Å². The van der Waals surface area contributed by atoms with Gasteiger partial charge >= 0.3 is 18.3 Å². The molecule has 4 heterocycles. The number of aromatic carboxylic acids is 1. The fourth-order valence-electron chi connectivity index (χ4n) is 18.8. The van der Waals surface area contributed by atoms with Crippen LogP contribution in [0.5, 0.6) is 0 Å². The Morgan fingerprint density at radius 2 is 0.638 bits per heavy atom. The fraction of sp³-hybridized carbons (Fsp3) is 0.304. The summed E-state index contributed by atoms with van der Waals surface area (Å²) >= 11 is 0. The molecule has 0 radical (unpaired) electrons. The van der Waals surface area contributed by atoms with Crippen LogP contribution in [0.25, 0.3) is 0 Å². The Kier molecular flexibility index (Phi) is 31.2. The van der Waals surface area contributed by atoms with E-state index in [2.05, 4.69) is 0 Å². The molecule has 740 valence electrons. The molecule has 8 amide bonds. The van der Waals surface area contributed by atoms with Gasteiger partial charge in [-0.2, -0.15) is 26.3 Å². The molecular formula is C102H102F6N10O23. The topological polar surface area (TPSA) is 506 Å². The Labute approximate surface area is 804 Å². The maximum Gasteiger partial charge on any atom is 0.402 e. The Morgan fingerprint density at radius 3 is 0.957 bits per heavy atom. The summed E-state index contributed by atoms with van der Waals surface area (Å²) in [6, 6.07) is 21.4. The lowest BCUT2D eigenvalue weighted by molar-refractivity contribution is -0.396. The number of carboxylic acid groups (broad SMARTS) is 1. The van der Waals surface area contributed by atoms with Crippen LogP contribution >= 0.6 is 0 Å². The number of hydrogen-bond donors (Lipinski definition) is 6. The molecule has 10 aromatic rings. The van der Waals surface area contributed by atoms with Crippen LogP contribution in [0.4, 0.5) is 71.8 Å². The molecule has 0 saturated heterocycles. The van der Waals surface area contributed by atoms with E-state index in [1.54, 1.807) is 34.6 Å². The maximum atomic E-state index is 14.9. The minimum atomic E-state index is -4.91. The number of nitrogens with zero attached hydrogens (tertiary/aromatic N) is 8. The van der Waals surface area contributed by atoms with Crippen molar-refractivity contribution in [3.8, 4) is 0 Å². The van der Waals surface area contributed by atoms with E-state index < -0.39 is 114 Å². The molecule has 0 bridgehead atoms. The number of carboxylic acids is 1. The number of nitro benzene ring substituents is 4. The molecule has 8 N–H and O–H groups in total. The lowest BCUT2D eigenvalue weighted by atomic mass is 9.74. The van der Waals surface area contributed by atoms with E-state index in [0.29, 0.717) is 45.6 Å². The van der Waals surface area contributed by atoms with Crippen LogP contribution in [0.15, 0.2) is 103 Å². The summed E-state index contributed by atoms with van der Waals surface area (Å²) in [5.74, 6) is -7.10. The van der Waals surface area contributed by atoms with E-state index in [-0.39, 0.29) is 145 Å². The van der Waals surface area contributed by atoms with Gasteiger partial charge in [-0.1, -0.05) is 42.0 Å². The number of nitro groups is 4. The van der Waals surface area contributed by atoms with Gasteiger partial charge < -0.3 is 31.9 Å². The highest BCUT2D eigenvalue weighted by Crippen LogP contribution is 2.52. The number of halogens is 6. The number of imide groups is 4. The van der Waals surface area contributed by atoms with E-state index in [4.69, 9.17) is 11.5 Å². The average Bonchev–Trinajstić information content (AvgIpc) is 1.57. The number of nitrogen functional groups attached to an aromatic ring is 2. The van der Waals surface area contributed by atoms with E-state index in [1.807, 2.05) is 67.5 Å².